The van der Waals surface area contributed by atoms with Gasteiger partial charge in [0.2, 0.25) is 5.91 Å². The summed E-state index contributed by atoms with van der Waals surface area (Å²) in [6.07, 6.45) is 0.0190. The fraction of sp³-hybridized carbons (Fsp3) is 0.842. The molecule has 1 unspecified atom stereocenters. The highest BCUT2D eigenvalue weighted by Gasteiger charge is 2.36. The number of carbonyl (C=O) groups excluding carboxylic acids is 1. The Morgan fingerprint density at radius 1 is 1.10 bits per heavy atom. The van der Waals surface area contributed by atoms with Crippen molar-refractivity contribution in [2.75, 3.05) is 59.4 Å². The number of ether oxygens (including phenoxy) is 5. The highest BCUT2D eigenvalue weighted by atomic mass is 16.7. The van der Waals surface area contributed by atoms with Crippen molar-refractivity contribution in [3.8, 4) is 0 Å². The molecule has 0 spiro atoms. The molecule has 1 aliphatic heterocycles. The van der Waals surface area contributed by atoms with Crippen LogP contribution in [0.3, 0.4) is 0 Å². The third kappa shape index (κ3) is 12.2. The van der Waals surface area contributed by atoms with E-state index in [-0.39, 0.29) is 25.5 Å². The van der Waals surface area contributed by atoms with Crippen LogP contribution in [0.1, 0.15) is 19.3 Å². The van der Waals surface area contributed by atoms with Gasteiger partial charge in [0.05, 0.1) is 52.4 Å². The summed E-state index contributed by atoms with van der Waals surface area (Å²) >= 11 is 0. The van der Waals surface area contributed by atoms with E-state index in [0.717, 1.165) is 12.8 Å². The van der Waals surface area contributed by atoms with E-state index in [1.807, 2.05) is 6.08 Å². The van der Waals surface area contributed by atoms with E-state index in [1.54, 1.807) is 0 Å². The number of allylic oxidation sites excluding steroid dienone is 1. The lowest BCUT2D eigenvalue weighted by molar-refractivity contribution is -0.259. The molecule has 0 saturated carbocycles. The van der Waals surface area contributed by atoms with E-state index >= 15 is 0 Å². The quantitative estimate of drug-likeness (QED) is 0.172. The average Bonchev–Trinajstić information content (AvgIpc) is 2.71. The number of amides is 1. The molecule has 10 nitrogen and oxygen atoms in total. The van der Waals surface area contributed by atoms with Crippen molar-refractivity contribution in [3.63, 3.8) is 0 Å². The fourth-order valence-electron chi connectivity index (χ4n) is 2.54. The van der Waals surface area contributed by atoms with E-state index in [0.29, 0.717) is 39.6 Å². The van der Waals surface area contributed by atoms with Crippen LogP contribution in [0.2, 0.25) is 0 Å². The summed E-state index contributed by atoms with van der Waals surface area (Å²) < 4.78 is 26.7. The highest BCUT2D eigenvalue weighted by molar-refractivity contribution is 5.77. The Morgan fingerprint density at radius 2 is 1.76 bits per heavy atom. The van der Waals surface area contributed by atoms with Gasteiger partial charge in [-0.3, -0.25) is 4.79 Å². The largest absolute Gasteiger partial charge is 0.394 e. The number of aliphatic hydroxyl groups is 3. The summed E-state index contributed by atoms with van der Waals surface area (Å²) in [5, 5.41) is 31.2. The average molecular weight is 421 g/mol. The number of hydrogen-bond acceptors (Lipinski definition) is 9. The molecule has 29 heavy (non-hydrogen) atoms. The normalized spacial score (nSPS) is 24.4. The first kappa shape index (κ1) is 25.9. The minimum absolute atomic E-state index is 0.0113. The first-order valence-electron chi connectivity index (χ1n) is 9.93. The fourth-order valence-corrected chi connectivity index (χ4v) is 2.54. The zero-order valence-electron chi connectivity index (χ0n) is 16.9. The zero-order chi connectivity index (χ0) is 21.3. The van der Waals surface area contributed by atoms with Gasteiger partial charge in [-0.25, -0.2) is 0 Å². The Hall–Kier alpha value is -1.11. The summed E-state index contributed by atoms with van der Waals surface area (Å²) in [5.74, 6) is -0.147. The Bertz CT molecular complexity index is 438. The highest BCUT2D eigenvalue weighted by Crippen LogP contribution is 2.20. The van der Waals surface area contributed by atoms with Crippen LogP contribution < -0.4 is 5.32 Å². The molecule has 4 N–H and O–H groups in total. The molecule has 1 aliphatic rings. The lowest BCUT2D eigenvalue weighted by Crippen LogP contribution is -2.50. The molecule has 1 saturated heterocycles. The molecular weight excluding hydrogens is 386 g/mol. The number of unbranched alkanes of at least 4 members (excludes halogenated alkanes) is 1. The van der Waals surface area contributed by atoms with Crippen molar-refractivity contribution in [1.29, 1.82) is 0 Å². The van der Waals surface area contributed by atoms with E-state index < -0.39 is 31.2 Å². The van der Waals surface area contributed by atoms with Crippen LogP contribution in [-0.2, 0) is 28.5 Å². The van der Waals surface area contributed by atoms with Gasteiger partial charge < -0.3 is 44.3 Å². The number of hydrogen-bond donors (Lipinski definition) is 4. The maximum absolute atomic E-state index is 11.4. The van der Waals surface area contributed by atoms with Crippen molar-refractivity contribution in [2.45, 2.75) is 43.9 Å². The lowest BCUT2D eigenvalue weighted by Gasteiger charge is -2.35. The predicted octanol–water partition coefficient (Wildman–Crippen LogP) is -1.04. The van der Waals surface area contributed by atoms with Crippen LogP contribution in [-0.4, -0.2) is 105 Å². The Kier molecular flexibility index (Phi) is 14.9. The minimum atomic E-state index is -1.12. The van der Waals surface area contributed by atoms with Crippen LogP contribution in [0.15, 0.2) is 12.7 Å². The molecule has 0 aromatic carbocycles. The third-order valence-corrected chi connectivity index (χ3v) is 4.13. The second-order valence-electron chi connectivity index (χ2n) is 6.51. The monoisotopic (exact) mass is 421 g/mol. The standard InChI is InChI=1S/C19H35NO9/c1-2-3-4-5-20-17(23)14-27-9-8-25-6-7-26-10-11-28-18-12-15(22)19(24)16(13-21)29-18/h2,15-16,18-19,21-22,24H,1,3-14H2,(H,20,23)/t15-,16?,18-,19-/m1/s1. The summed E-state index contributed by atoms with van der Waals surface area (Å²) in [6.45, 7) is 5.85. The zero-order valence-corrected chi connectivity index (χ0v) is 16.9. The molecule has 1 fully saturated rings. The third-order valence-electron chi connectivity index (χ3n) is 4.13. The van der Waals surface area contributed by atoms with Gasteiger partial charge in [-0.15, -0.1) is 6.58 Å². The van der Waals surface area contributed by atoms with Crippen molar-refractivity contribution in [3.05, 3.63) is 12.7 Å². The maximum atomic E-state index is 11.4. The maximum Gasteiger partial charge on any atom is 0.245 e. The van der Waals surface area contributed by atoms with Gasteiger partial charge in [0, 0.05) is 13.0 Å². The lowest BCUT2D eigenvalue weighted by atomic mass is 10.0. The molecule has 0 aliphatic carbocycles. The van der Waals surface area contributed by atoms with Crippen LogP contribution >= 0.6 is 0 Å². The molecule has 0 radical (unpaired) electrons. The molecule has 0 aromatic heterocycles. The number of carbonyl (C=O) groups is 1. The van der Waals surface area contributed by atoms with E-state index in [1.165, 1.54) is 0 Å². The SMILES string of the molecule is C=CCCCNC(=O)COCCOCCOCCO[C@H]1C[C@@H](O)[C@@H](O)C(CO)O1. The molecule has 1 heterocycles. The number of aliphatic hydroxyl groups excluding tert-OH is 3. The van der Waals surface area contributed by atoms with Crippen molar-refractivity contribution in [2.24, 2.45) is 0 Å². The van der Waals surface area contributed by atoms with Crippen LogP contribution in [0, 0.1) is 0 Å². The first-order valence-corrected chi connectivity index (χ1v) is 9.93. The topological polar surface area (TPSA) is 136 Å². The first-order chi connectivity index (χ1) is 14.1. The van der Waals surface area contributed by atoms with Gasteiger partial charge in [0.1, 0.15) is 18.8 Å². The van der Waals surface area contributed by atoms with Crippen LogP contribution in [0.4, 0.5) is 0 Å². The Morgan fingerprint density at radius 3 is 2.41 bits per heavy atom. The van der Waals surface area contributed by atoms with E-state index in [9.17, 15) is 15.0 Å². The van der Waals surface area contributed by atoms with Gasteiger partial charge in [-0.1, -0.05) is 6.08 Å². The molecule has 1 rings (SSSR count). The Labute approximate surface area is 171 Å². The van der Waals surface area contributed by atoms with Gasteiger partial charge in [0.15, 0.2) is 6.29 Å². The second-order valence-corrected chi connectivity index (χ2v) is 6.51. The van der Waals surface area contributed by atoms with Crippen molar-refractivity contribution in [1.82, 2.24) is 5.32 Å². The summed E-state index contributed by atoms with van der Waals surface area (Å²) in [7, 11) is 0. The Balaban J connectivity index is 1.87. The molecule has 1 amide bonds. The molecular formula is C19H35NO9. The van der Waals surface area contributed by atoms with Gasteiger partial charge in [-0.2, -0.15) is 0 Å². The molecule has 10 heteroatoms. The molecule has 4 atom stereocenters. The molecule has 0 aromatic rings. The summed E-state index contributed by atoms with van der Waals surface area (Å²) in [6, 6.07) is 0. The van der Waals surface area contributed by atoms with Crippen molar-refractivity contribution >= 4 is 5.91 Å². The van der Waals surface area contributed by atoms with Gasteiger partial charge in [-0.05, 0) is 12.8 Å². The molecule has 170 valence electrons. The number of rotatable bonds is 17. The molecule has 0 bridgehead atoms. The smallest absolute Gasteiger partial charge is 0.245 e. The van der Waals surface area contributed by atoms with Crippen molar-refractivity contribution < 1.29 is 43.8 Å². The summed E-state index contributed by atoms with van der Waals surface area (Å²) in [5.41, 5.74) is 0. The van der Waals surface area contributed by atoms with E-state index in [4.69, 9.17) is 28.8 Å². The summed E-state index contributed by atoms with van der Waals surface area (Å²) in [4.78, 5) is 11.4. The van der Waals surface area contributed by atoms with Crippen LogP contribution in [0.5, 0.6) is 0 Å². The van der Waals surface area contributed by atoms with Gasteiger partial charge >= 0.3 is 0 Å². The van der Waals surface area contributed by atoms with Gasteiger partial charge in [0.25, 0.3) is 0 Å². The second kappa shape index (κ2) is 16.7. The predicted molar refractivity (Wildman–Crippen MR) is 103 cm³/mol. The van der Waals surface area contributed by atoms with E-state index in [2.05, 4.69) is 11.9 Å². The minimum Gasteiger partial charge on any atom is -0.394 e. The van der Waals surface area contributed by atoms with Crippen LogP contribution in [0.25, 0.3) is 0 Å². The number of nitrogens with one attached hydrogen (secondary N) is 1.